The summed E-state index contributed by atoms with van der Waals surface area (Å²) in [5.41, 5.74) is 1.73. The van der Waals surface area contributed by atoms with Gasteiger partial charge in [0.15, 0.2) is 0 Å². The van der Waals surface area contributed by atoms with Gasteiger partial charge >= 0.3 is 0 Å². The van der Waals surface area contributed by atoms with Gasteiger partial charge in [-0.15, -0.1) is 0 Å². The highest BCUT2D eigenvalue weighted by molar-refractivity contribution is 9.10. The standard InChI is InChI=1S/C17H15BrN2O2/c1-22-16-8-2-13(3-9-16)12-20(17(21)10-11-19)15-6-4-14(18)5-7-15/h2-9H,10,12H2,1H3. The van der Waals surface area contributed by atoms with Crippen molar-refractivity contribution in [1.82, 2.24) is 0 Å². The summed E-state index contributed by atoms with van der Waals surface area (Å²) in [7, 11) is 1.61. The second-order valence-corrected chi connectivity index (χ2v) is 5.55. The number of benzene rings is 2. The smallest absolute Gasteiger partial charge is 0.241 e. The third kappa shape index (κ3) is 4.09. The van der Waals surface area contributed by atoms with Crippen molar-refractivity contribution in [1.29, 1.82) is 5.26 Å². The summed E-state index contributed by atoms with van der Waals surface area (Å²) in [4.78, 5) is 13.8. The van der Waals surface area contributed by atoms with Gasteiger partial charge in [-0.2, -0.15) is 5.26 Å². The Morgan fingerprint density at radius 3 is 2.36 bits per heavy atom. The van der Waals surface area contributed by atoms with E-state index >= 15 is 0 Å². The average molecular weight is 359 g/mol. The first-order valence-corrected chi connectivity index (χ1v) is 7.49. The Labute approximate surface area is 138 Å². The van der Waals surface area contributed by atoms with Crippen LogP contribution >= 0.6 is 15.9 Å². The molecular formula is C17H15BrN2O2. The van der Waals surface area contributed by atoms with E-state index in [1.54, 1.807) is 12.0 Å². The lowest BCUT2D eigenvalue weighted by atomic mass is 10.1. The summed E-state index contributed by atoms with van der Waals surface area (Å²) in [6, 6.07) is 16.9. The molecule has 0 unspecified atom stereocenters. The molecular weight excluding hydrogens is 344 g/mol. The second kappa shape index (κ2) is 7.62. The van der Waals surface area contributed by atoms with Crippen LogP contribution in [-0.4, -0.2) is 13.0 Å². The van der Waals surface area contributed by atoms with Crippen LogP contribution in [-0.2, 0) is 11.3 Å². The molecule has 0 spiro atoms. The summed E-state index contributed by atoms with van der Waals surface area (Å²) >= 11 is 3.38. The zero-order valence-electron chi connectivity index (χ0n) is 12.1. The maximum absolute atomic E-state index is 12.2. The highest BCUT2D eigenvalue weighted by Gasteiger charge is 2.16. The van der Waals surface area contributed by atoms with Gasteiger partial charge in [0, 0.05) is 10.2 Å². The first-order chi connectivity index (χ1) is 10.6. The van der Waals surface area contributed by atoms with E-state index < -0.39 is 0 Å². The van der Waals surface area contributed by atoms with Crippen molar-refractivity contribution >= 4 is 27.5 Å². The van der Waals surface area contributed by atoms with Gasteiger partial charge in [-0.3, -0.25) is 4.79 Å². The van der Waals surface area contributed by atoms with Crippen LogP contribution < -0.4 is 9.64 Å². The number of carbonyl (C=O) groups excluding carboxylic acids is 1. The van der Waals surface area contributed by atoms with E-state index in [0.29, 0.717) is 6.54 Å². The summed E-state index contributed by atoms with van der Waals surface area (Å²) in [5, 5.41) is 8.79. The van der Waals surface area contributed by atoms with E-state index in [4.69, 9.17) is 10.00 Å². The molecule has 1 amide bonds. The molecule has 4 nitrogen and oxygen atoms in total. The van der Waals surface area contributed by atoms with Crippen molar-refractivity contribution in [3.8, 4) is 11.8 Å². The molecule has 2 rings (SSSR count). The summed E-state index contributed by atoms with van der Waals surface area (Å²) in [5.74, 6) is 0.544. The number of carbonyl (C=O) groups is 1. The molecule has 2 aromatic carbocycles. The minimum Gasteiger partial charge on any atom is -0.497 e. The Morgan fingerprint density at radius 1 is 1.18 bits per heavy atom. The van der Waals surface area contributed by atoms with E-state index in [1.165, 1.54) is 0 Å². The average Bonchev–Trinajstić information content (AvgIpc) is 2.54. The van der Waals surface area contributed by atoms with Crippen LogP contribution in [0.15, 0.2) is 53.0 Å². The number of methoxy groups -OCH3 is 1. The molecule has 0 aliphatic carbocycles. The van der Waals surface area contributed by atoms with Crippen molar-refractivity contribution in [3.63, 3.8) is 0 Å². The van der Waals surface area contributed by atoms with Crippen molar-refractivity contribution in [2.75, 3.05) is 12.0 Å². The largest absolute Gasteiger partial charge is 0.497 e. The molecule has 2 aromatic rings. The minimum absolute atomic E-state index is 0.147. The van der Waals surface area contributed by atoms with Crippen LogP contribution in [0.5, 0.6) is 5.75 Å². The van der Waals surface area contributed by atoms with Gasteiger partial charge in [-0.25, -0.2) is 0 Å². The molecule has 0 aromatic heterocycles. The Balaban J connectivity index is 2.25. The molecule has 0 bridgehead atoms. The summed E-state index contributed by atoms with van der Waals surface area (Å²) in [6.45, 7) is 0.409. The zero-order valence-corrected chi connectivity index (χ0v) is 13.7. The van der Waals surface area contributed by atoms with E-state index in [2.05, 4.69) is 15.9 Å². The third-order valence-corrected chi connectivity index (χ3v) is 3.70. The molecule has 0 aliphatic rings. The molecule has 5 heteroatoms. The topological polar surface area (TPSA) is 53.3 Å². The van der Waals surface area contributed by atoms with Gasteiger partial charge < -0.3 is 9.64 Å². The highest BCUT2D eigenvalue weighted by Crippen LogP contribution is 2.22. The molecule has 0 saturated carbocycles. The van der Waals surface area contributed by atoms with Gasteiger partial charge in [-0.1, -0.05) is 28.1 Å². The molecule has 0 aliphatic heterocycles. The zero-order chi connectivity index (χ0) is 15.9. The van der Waals surface area contributed by atoms with E-state index in [9.17, 15) is 4.79 Å². The SMILES string of the molecule is COc1ccc(CN(C(=O)CC#N)c2ccc(Br)cc2)cc1. The number of nitrogens with zero attached hydrogens (tertiary/aromatic N) is 2. The van der Waals surface area contributed by atoms with Crippen molar-refractivity contribution < 1.29 is 9.53 Å². The van der Waals surface area contributed by atoms with E-state index in [-0.39, 0.29) is 12.3 Å². The van der Waals surface area contributed by atoms with Gasteiger partial charge in [0.05, 0.1) is 19.7 Å². The van der Waals surface area contributed by atoms with Gasteiger partial charge in [-0.05, 0) is 42.0 Å². The lowest BCUT2D eigenvalue weighted by Gasteiger charge is -2.22. The number of hydrogen-bond donors (Lipinski definition) is 0. The Kier molecular flexibility index (Phi) is 5.56. The highest BCUT2D eigenvalue weighted by atomic mass is 79.9. The van der Waals surface area contributed by atoms with Crippen LogP contribution in [0.2, 0.25) is 0 Å². The van der Waals surface area contributed by atoms with Gasteiger partial charge in [0.2, 0.25) is 5.91 Å². The van der Waals surface area contributed by atoms with E-state index in [0.717, 1.165) is 21.5 Å². The number of nitriles is 1. The lowest BCUT2D eigenvalue weighted by Crippen LogP contribution is -2.29. The maximum atomic E-state index is 12.2. The first kappa shape index (κ1) is 16.1. The van der Waals surface area contributed by atoms with Crippen molar-refractivity contribution in [2.45, 2.75) is 13.0 Å². The number of hydrogen-bond acceptors (Lipinski definition) is 3. The second-order valence-electron chi connectivity index (χ2n) is 4.64. The number of ether oxygens (including phenoxy) is 1. The summed E-state index contributed by atoms with van der Waals surface area (Å²) in [6.07, 6.45) is -0.147. The van der Waals surface area contributed by atoms with Gasteiger partial charge in [0.1, 0.15) is 12.2 Å². The predicted molar refractivity (Wildman–Crippen MR) is 88.6 cm³/mol. The molecule has 22 heavy (non-hydrogen) atoms. The molecule has 112 valence electrons. The molecule has 0 heterocycles. The van der Waals surface area contributed by atoms with Gasteiger partial charge in [0.25, 0.3) is 0 Å². The van der Waals surface area contributed by atoms with Crippen LogP contribution in [0.1, 0.15) is 12.0 Å². The number of anilines is 1. The number of halogens is 1. The Bertz CT molecular complexity index is 675. The van der Waals surface area contributed by atoms with Crippen LogP contribution in [0.3, 0.4) is 0 Å². The summed E-state index contributed by atoms with van der Waals surface area (Å²) < 4.78 is 6.07. The van der Waals surface area contributed by atoms with Crippen molar-refractivity contribution in [3.05, 3.63) is 58.6 Å². The molecule has 0 fully saturated rings. The first-order valence-electron chi connectivity index (χ1n) is 6.70. The van der Waals surface area contributed by atoms with Crippen LogP contribution in [0.4, 0.5) is 5.69 Å². The normalized spacial score (nSPS) is 9.86. The minimum atomic E-state index is -0.222. The lowest BCUT2D eigenvalue weighted by molar-refractivity contribution is -0.117. The van der Waals surface area contributed by atoms with E-state index in [1.807, 2.05) is 54.6 Å². The number of rotatable bonds is 5. The monoisotopic (exact) mass is 358 g/mol. The van der Waals surface area contributed by atoms with Crippen LogP contribution in [0.25, 0.3) is 0 Å². The molecule has 0 N–H and O–H groups in total. The number of amides is 1. The van der Waals surface area contributed by atoms with Crippen LogP contribution in [0, 0.1) is 11.3 Å². The third-order valence-electron chi connectivity index (χ3n) is 3.17. The molecule has 0 saturated heterocycles. The quantitative estimate of drug-likeness (QED) is 0.814. The Hall–Kier alpha value is -2.32. The fraction of sp³-hybridized carbons (Fsp3) is 0.176. The Morgan fingerprint density at radius 2 is 1.82 bits per heavy atom. The molecule has 0 atom stereocenters. The molecule has 0 radical (unpaired) electrons. The fourth-order valence-electron chi connectivity index (χ4n) is 2.02. The van der Waals surface area contributed by atoms with Crippen molar-refractivity contribution in [2.24, 2.45) is 0 Å². The maximum Gasteiger partial charge on any atom is 0.241 e. The fourth-order valence-corrected chi connectivity index (χ4v) is 2.29. The predicted octanol–water partition coefficient (Wildman–Crippen LogP) is 3.90.